The molecule has 33 heavy (non-hydrogen) atoms. The van der Waals surface area contributed by atoms with E-state index in [1.54, 1.807) is 30.3 Å². The molecule has 3 amide bonds. The third-order valence-corrected chi connectivity index (χ3v) is 6.90. The number of nitrogens with zero attached hydrogens (tertiary/aromatic N) is 1. The second-order valence-electron chi connectivity index (χ2n) is 8.34. The van der Waals surface area contributed by atoms with E-state index in [1.807, 2.05) is 0 Å². The first kappa shape index (κ1) is 23.3. The lowest BCUT2D eigenvalue weighted by Gasteiger charge is -2.19. The quantitative estimate of drug-likeness (QED) is 0.595. The van der Waals surface area contributed by atoms with Crippen molar-refractivity contribution in [2.75, 3.05) is 4.90 Å². The predicted molar refractivity (Wildman–Crippen MR) is 123 cm³/mol. The van der Waals surface area contributed by atoms with Gasteiger partial charge in [-0.25, -0.2) is 4.79 Å². The Morgan fingerprint density at radius 2 is 1.52 bits per heavy atom. The van der Waals surface area contributed by atoms with Crippen LogP contribution < -0.4 is 10.2 Å². The van der Waals surface area contributed by atoms with Crippen LogP contribution in [0.3, 0.4) is 0 Å². The Bertz CT molecular complexity index is 1070. The minimum absolute atomic E-state index is 0.00340. The molecule has 2 aliphatic rings. The maximum Gasteiger partial charge on any atom is 0.326 e. The van der Waals surface area contributed by atoms with Crippen LogP contribution >= 0.6 is 23.2 Å². The molecule has 0 radical (unpaired) electrons. The summed E-state index contributed by atoms with van der Waals surface area (Å²) in [6.07, 6.45) is 3.37. The van der Waals surface area contributed by atoms with Crippen molar-refractivity contribution in [1.29, 1.82) is 0 Å². The number of nitrogens with one attached hydrogen (secondary N) is 1. The van der Waals surface area contributed by atoms with E-state index in [0.717, 1.165) is 25.7 Å². The van der Waals surface area contributed by atoms with Crippen LogP contribution in [-0.4, -0.2) is 34.8 Å². The second kappa shape index (κ2) is 9.53. The van der Waals surface area contributed by atoms with E-state index in [4.69, 9.17) is 23.2 Å². The molecule has 1 saturated heterocycles. The van der Waals surface area contributed by atoms with Crippen molar-refractivity contribution < 1.29 is 24.3 Å². The number of carboxylic acid groups (broad SMARTS) is 1. The number of hydrogen-bond acceptors (Lipinski definition) is 4. The molecular weight excluding hydrogens is 467 g/mol. The van der Waals surface area contributed by atoms with Crippen molar-refractivity contribution >= 4 is 52.6 Å². The lowest BCUT2D eigenvalue weighted by Crippen LogP contribution is -2.42. The second-order valence-corrected chi connectivity index (χ2v) is 9.16. The number of carbonyl (C=O) groups excluding carboxylic acids is 3. The van der Waals surface area contributed by atoms with E-state index in [9.17, 15) is 24.3 Å². The van der Waals surface area contributed by atoms with Gasteiger partial charge in [-0.15, -0.1) is 0 Å². The van der Waals surface area contributed by atoms with E-state index in [1.165, 1.54) is 17.0 Å². The summed E-state index contributed by atoms with van der Waals surface area (Å²) in [7, 11) is 0. The van der Waals surface area contributed by atoms with Gasteiger partial charge in [-0.3, -0.25) is 19.3 Å². The first-order chi connectivity index (χ1) is 15.8. The molecule has 1 aliphatic carbocycles. The number of amides is 3. The maximum absolute atomic E-state index is 12.8. The largest absolute Gasteiger partial charge is 0.480 e. The van der Waals surface area contributed by atoms with Gasteiger partial charge in [-0.2, -0.15) is 0 Å². The molecule has 3 atom stereocenters. The van der Waals surface area contributed by atoms with Crippen LogP contribution in [0.4, 0.5) is 5.69 Å². The van der Waals surface area contributed by atoms with Crippen LogP contribution in [0.25, 0.3) is 0 Å². The van der Waals surface area contributed by atoms with Crippen molar-refractivity contribution in [3.63, 3.8) is 0 Å². The molecule has 9 heteroatoms. The Morgan fingerprint density at radius 1 is 0.970 bits per heavy atom. The summed E-state index contributed by atoms with van der Waals surface area (Å²) >= 11 is 12.1. The Hall–Kier alpha value is -2.90. The number of benzene rings is 2. The number of carbonyl (C=O) groups is 4. The monoisotopic (exact) mass is 488 g/mol. The number of aliphatic carboxylic acids is 1. The summed E-state index contributed by atoms with van der Waals surface area (Å²) in [5.74, 6) is -2.71. The van der Waals surface area contributed by atoms with Crippen molar-refractivity contribution in [1.82, 2.24) is 5.32 Å². The summed E-state index contributed by atoms with van der Waals surface area (Å²) < 4.78 is 0. The standard InChI is InChI=1S/C24H22Cl2N2O5/c25-17-6-3-7-18(26)20(17)21(29)27-19(24(32)33)12-13-8-10-14(11-9-13)28-22(30)15-4-1-2-5-16(15)23(28)31/h3,6-11,15-16,19H,1-2,4-5,12H2,(H,27,29)(H,32,33)/t15-,16-,19+/m1/s1. The average molecular weight is 489 g/mol. The fraction of sp³-hybridized carbons (Fsp3) is 0.333. The zero-order valence-electron chi connectivity index (χ0n) is 17.6. The Labute approximate surface area is 200 Å². The number of carboxylic acids is 1. The highest BCUT2D eigenvalue weighted by Crippen LogP contribution is 2.40. The average Bonchev–Trinajstić information content (AvgIpc) is 3.04. The minimum atomic E-state index is -1.23. The molecular formula is C24H22Cl2N2O5. The number of fused-ring (bicyclic) bond motifs is 1. The summed E-state index contributed by atoms with van der Waals surface area (Å²) in [6, 6.07) is 9.92. The fourth-order valence-corrected chi connectivity index (χ4v) is 5.15. The first-order valence-electron chi connectivity index (χ1n) is 10.7. The van der Waals surface area contributed by atoms with Crippen molar-refractivity contribution in [2.24, 2.45) is 11.8 Å². The van der Waals surface area contributed by atoms with Gasteiger partial charge in [-0.1, -0.05) is 54.2 Å². The number of rotatable bonds is 6. The summed E-state index contributed by atoms with van der Waals surface area (Å²) in [5.41, 5.74) is 1.10. The van der Waals surface area contributed by atoms with Gasteiger partial charge in [0.1, 0.15) is 6.04 Å². The number of anilines is 1. The maximum atomic E-state index is 12.8. The molecule has 2 N–H and O–H groups in total. The van der Waals surface area contributed by atoms with Crippen molar-refractivity contribution in [3.05, 3.63) is 63.6 Å². The van der Waals surface area contributed by atoms with Gasteiger partial charge in [-0.05, 0) is 42.7 Å². The van der Waals surface area contributed by atoms with Gasteiger partial charge < -0.3 is 10.4 Å². The molecule has 0 spiro atoms. The predicted octanol–water partition coefficient (Wildman–Crippen LogP) is 4.10. The molecule has 1 aliphatic heterocycles. The Morgan fingerprint density at radius 3 is 2.03 bits per heavy atom. The normalized spacial score (nSPS) is 21.0. The minimum Gasteiger partial charge on any atom is -0.480 e. The molecule has 172 valence electrons. The highest BCUT2D eigenvalue weighted by molar-refractivity contribution is 6.39. The van der Waals surface area contributed by atoms with Crippen LogP contribution in [0.2, 0.25) is 10.0 Å². The van der Waals surface area contributed by atoms with Crippen LogP contribution in [0, 0.1) is 11.8 Å². The summed E-state index contributed by atoms with van der Waals surface area (Å²) in [4.78, 5) is 51.2. The molecule has 2 aromatic carbocycles. The number of hydrogen-bond donors (Lipinski definition) is 2. The lowest BCUT2D eigenvalue weighted by molar-refractivity contribution is -0.139. The van der Waals surface area contributed by atoms with Gasteiger partial charge in [0.2, 0.25) is 11.8 Å². The first-order valence-corrected chi connectivity index (χ1v) is 11.5. The molecule has 1 saturated carbocycles. The number of imide groups is 1. The van der Waals surface area contributed by atoms with Gasteiger partial charge in [0.05, 0.1) is 33.1 Å². The van der Waals surface area contributed by atoms with E-state index >= 15 is 0 Å². The SMILES string of the molecule is O=C(N[C@@H](Cc1ccc(N2C(=O)[C@@H]3CCCC[C@H]3C2=O)cc1)C(=O)O)c1c(Cl)cccc1Cl. The highest BCUT2D eigenvalue weighted by atomic mass is 35.5. The van der Waals surface area contributed by atoms with Gasteiger partial charge >= 0.3 is 5.97 Å². The molecule has 0 unspecified atom stereocenters. The molecule has 7 nitrogen and oxygen atoms in total. The van der Waals surface area contributed by atoms with E-state index < -0.39 is 17.9 Å². The molecule has 0 aromatic heterocycles. The van der Waals surface area contributed by atoms with Crippen LogP contribution in [0.5, 0.6) is 0 Å². The van der Waals surface area contributed by atoms with Crippen LogP contribution in [0.1, 0.15) is 41.6 Å². The zero-order valence-corrected chi connectivity index (χ0v) is 19.1. The molecule has 4 rings (SSSR count). The topological polar surface area (TPSA) is 104 Å². The smallest absolute Gasteiger partial charge is 0.326 e. The number of halogens is 2. The van der Waals surface area contributed by atoms with Crippen molar-refractivity contribution in [2.45, 2.75) is 38.1 Å². The molecule has 1 heterocycles. The van der Waals surface area contributed by atoms with Crippen molar-refractivity contribution in [3.8, 4) is 0 Å². The molecule has 2 fully saturated rings. The van der Waals surface area contributed by atoms with Gasteiger partial charge in [0, 0.05) is 6.42 Å². The van der Waals surface area contributed by atoms with Gasteiger partial charge in [0.15, 0.2) is 0 Å². The Kier molecular flexibility index (Phi) is 6.72. The lowest BCUT2D eigenvalue weighted by atomic mass is 9.81. The third-order valence-electron chi connectivity index (χ3n) is 6.27. The van der Waals surface area contributed by atoms with Crippen LogP contribution in [-0.2, 0) is 20.8 Å². The zero-order chi connectivity index (χ0) is 23.7. The van der Waals surface area contributed by atoms with Gasteiger partial charge in [0.25, 0.3) is 5.91 Å². The Balaban J connectivity index is 1.48. The summed E-state index contributed by atoms with van der Waals surface area (Å²) in [5, 5.41) is 12.3. The van der Waals surface area contributed by atoms with E-state index in [2.05, 4.69) is 5.32 Å². The summed E-state index contributed by atoms with van der Waals surface area (Å²) in [6.45, 7) is 0. The van der Waals surface area contributed by atoms with E-state index in [0.29, 0.717) is 11.3 Å². The fourth-order valence-electron chi connectivity index (χ4n) is 4.58. The highest BCUT2D eigenvalue weighted by Gasteiger charge is 2.48. The van der Waals surface area contributed by atoms with E-state index in [-0.39, 0.29) is 45.7 Å². The molecule has 0 bridgehead atoms. The molecule has 2 aromatic rings. The van der Waals surface area contributed by atoms with Crippen LogP contribution in [0.15, 0.2) is 42.5 Å². The third kappa shape index (κ3) is 4.61.